The van der Waals surface area contributed by atoms with E-state index in [1.807, 2.05) is 25.3 Å². The predicted octanol–water partition coefficient (Wildman–Crippen LogP) is 2.47. The van der Waals surface area contributed by atoms with Gasteiger partial charge < -0.3 is 9.30 Å². The van der Waals surface area contributed by atoms with E-state index in [1.165, 1.54) is 0 Å². The number of hydrogen-bond donors (Lipinski definition) is 0. The van der Waals surface area contributed by atoms with Crippen LogP contribution in [-0.4, -0.2) is 46.2 Å². The first-order valence-corrected chi connectivity index (χ1v) is 9.61. The first-order valence-electron chi connectivity index (χ1n) is 9.61. The molecular formula is C22H24N2O5. The normalized spacial score (nSPS) is 13.4. The second-order valence-electron chi connectivity index (χ2n) is 7.05. The summed E-state index contributed by atoms with van der Waals surface area (Å²) in [5, 5.41) is 0. The minimum atomic E-state index is -0.623. The number of carbonyl (C=O) groups excluding carboxylic acids is 4. The van der Waals surface area contributed by atoms with Gasteiger partial charge in [-0.15, -0.1) is 0 Å². The molecule has 0 spiro atoms. The van der Waals surface area contributed by atoms with E-state index in [0.717, 1.165) is 22.8 Å². The smallest absolute Gasteiger partial charge is 0.308 e. The molecule has 0 fully saturated rings. The number of ether oxygens (including phenoxy) is 1. The van der Waals surface area contributed by atoms with E-state index in [2.05, 4.69) is 0 Å². The Balaban J connectivity index is 1.55. The van der Waals surface area contributed by atoms with Gasteiger partial charge in [-0.3, -0.25) is 24.1 Å². The number of fused-ring (bicyclic) bond motifs is 1. The number of esters is 1. The zero-order chi connectivity index (χ0) is 21.1. The number of imide groups is 1. The lowest BCUT2D eigenvalue weighted by Crippen LogP contribution is -2.43. The molecule has 0 atom stereocenters. The fourth-order valence-electron chi connectivity index (χ4n) is 3.70. The van der Waals surface area contributed by atoms with Crippen LogP contribution >= 0.6 is 0 Å². The van der Waals surface area contributed by atoms with Crippen LogP contribution in [0.2, 0.25) is 0 Å². The molecule has 0 aliphatic carbocycles. The van der Waals surface area contributed by atoms with Crippen molar-refractivity contribution in [3.05, 3.63) is 58.4 Å². The number of nitrogens with zero attached hydrogens (tertiary/aromatic N) is 2. The Morgan fingerprint density at radius 2 is 1.86 bits per heavy atom. The number of benzene rings is 1. The van der Waals surface area contributed by atoms with Gasteiger partial charge in [-0.1, -0.05) is 18.2 Å². The van der Waals surface area contributed by atoms with Crippen molar-refractivity contribution in [1.29, 1.82) is 0 Å². The summed E-state index contributed by atoms with van der Waals surface area (Å²) in [5.74, 6) is -1.65. The van der Waals surface area contributed by atoms with Gasteiger partial charge in [0.2, 0.25) is 11.7 Å². The lowest BCUT2D eigenvalue weighted by atomic mass is 9.98. The minimum Gasteiger partial charge on any atom is -0.457 e. The molecule has 2 aromatic rings. The van der Waals surface area contributed by atoms with Crippen LogP contribution in [0.3, 0.4) is 0 Å². The molecule has 7 nitrogen and oxygen atoms in total. The Morgan fingerprint density at radius 3 is 2.55 bits per heavy atom. The van der Waals surface area contributed by atoms with Gasteiger partial charge in [0, 0.05) is 35.6 Å². The van der Waals surface area contributed by atoms with E-state index >= 15 is 0 Å². The maximum atomic E-state index is 12.5. The Kier molecular flexibility index (Phi) is 5.96. The van der Waals surface area contributed by atoms with Crippen molar-refractivity contribution in [3.63, 3.8) is 0 Å². The maximum absolute atomic E-state index is 12.5. The molecule has 1 aromatic heterocycles. The highest BCUT2D eigenvalue weighted by molar-refractivity contribution is 6.09. The van der Waals surface area contributed by atoms with Crippen LogP contribution in [0.5, 0.6) is 0 Å². The summed E-state index contributed by atoms with van der Waals surface area (Å²) in [6.45, 7) is 6.10. The van der Waals surface area contributed by atoms with E-state index in [-0.39, 0.29) is 37.7 Å². The average molecular weight is 396 g/mol. The van der Waals surface area contributed by atoms with Crippen molar-refractivity contribution < 1.29 is 23.9 Å². The molecule has 152 valence electrons. The highest BCUT2D eigenvalue weighted by Gasteiger charge is 2.30. The summed E-state index contributed by atoms with van der Waals surface area (Å²) in [4.78, 5) is 50.2. The molecule has 2 heterocycles. The first kappa shape index (κ1) is 20.5. The number of Topliss-reactive ketones (excluding diaryl/α,β-unsaturated/α-hetero) is 1. The van der Waals surface area contributed by atoms with Gasteiger partial charge in [-0.05, 0) is 38.5 Å². The Hall–Kier alpha value is -3.22. The number of ketones is 1. The Bertz CT molecular complexity index is 989. The third kappa shape index (κ3) is 4.13. The van der Waals surface area contributed by atoms with Crippen molar-refractivity contribution in [2.45, 2.75) is 40.2 Å². The van der Waals surface area contributed by atoms with E-state index in [0.29, 0.717) is 16.7 Å². The number of aryl methyl sites for hydroxylation is 1. The standard InChI is InChI=1S/C22H24N2O5/c1-4-23-14(2)11-18(15(23)3)19(25)13-29-21(27)9-10-24-20(26)12-16-7-5-6-8-17(16)22(24)28/h5-8,11H,4,9-10,12-13H2,1-3H3. The molecule has 0 bridgehead atoms. The predicted molar refractivity (Wildman–Crippen MR) is 106 cm³/mol. The molecule has 1 aliphatic rings. The third-order valence-corrected chi connectivity index (χ3v) is 5.23. The van der Waals surface area contributed by atoms with Crippen LogP contribution in [0, 0.1) is 13.8 Å². The molecule has 1 aliphatic heterocycles. The molecule has 0 saturated carbocycles. The van der Waals surface area contributed by atoms with E-state index in [4.69, 9.17) is 4.74 Å². The van der Waals surface area contributed by atoms with E-state index < -0.39 is 11.9 Å². The quantitative estimate of drug-likeness (QED) is 0.408. The topological polar surface area (TPSA) is 85.7 Å². The van der Waals surface area contributed by atoms with Crippen molar-refractivity contribution in [2.75, 3.05) is 13.2 Å². The molecule has 2 amide bonds. The second-order valence-corrected chi connectivity index (χ2v) is 7.05. The van der Waals surface area contributed by atoms with Crippen LogP contribution < -0.4 is 0 Å². The van der Waals surface area contributed by atoms with Gasteiger partial charge >= 0.3 is 5.97 Å². The van der Waals surface area contributed by atoms with Crippen molar-refractivity contribution in [3.8, 4) is 0 Å². The van der Waals surface area contributed by atoms with Crippen LogP contribution in [-0.2, 0) is 27.3 Å². The molecule has 3 rings (SSSR count). The lowest BCUT2D eigenvalue weighted by molar-refractivity contribution is -0.143. The van der Waals surface area contributed by atoms with Crippen molar-refractivity contribution >= 4 is 23.6 Å². The van der Waals surface area contributed by atoms with Gasteiger partial charge in [0.1, 0.15) is 0 Å². The lowest BCUT2D eigenvalue weighted by Gasteiger charge is -2.26. The number of amides is 2. The molecule has 1 aromatic carbocycles. The fourth-order valence-corrected chi connectivity index (χ4v) is 3.70. The molecule has 0 N–H and O–H groups in total. The summed E-state index contributed by atoms with van der Waals surface area (Å²) in [7, 11) is 0. The number of hydrogen-bond acceptors (Lipinski definition) is 5. The third-order valence-electron chi connectivity index (χ3n) is 5.23. The number of rotatable bonds is 7. The zero-order valence-corrected chi connectivity index (χ0v) is 16.9. The molecule has 7 heteroatoms. The fraction of sp³-hybridized carbons (Fsp3) is 0.364. The summed E-state index contributed by atoms with van der Waals surface area (Å²) in [6.07, 6.45) is -0.0244. The van der Waals surface area contributed by atoms with Crippen LogP contribution in [0.15, 0.2) is 30.3 Å². The van der Waals surface area contributed by atoms with Crippen molar-refractivity contribution in [1.82, 2.24) is 9.47 Å². The summed E-state index contributed by atoms with van der Waals surface area (Å²) in [6, 6.07) is 8.72. The van der Waals surface area contributed by atoms with Crippen LogP contribution in [0.1, 0.15) is 51.0 Å². The largest absolute Gasteiger partial charge is 0.457 e. The highest BCUT2D eigenvalue weighted by atomic mass is 16.5. The Morgan fingerprint density at radius 1 is 1.14 bits per heavy atom. The Labute approximate surface area is 169 Å². The SMILES string of the molecule is CCn1c(C)cc(C(=O)COC(=O)CCN2C(=O)Cc3ccccc3C2=O)c1C. The average Bonchev–Trinajstić information content (AvgIpc) is 2.99. The highest BCUT2D eigenvalue weighted by Crippen LogP contribution is 2.20. The summed E-state index contributed by atoms with van der Waals surface area (Å²) in [5.41, 5.74) is 3.52. The summed E-state index contributed by atoms with van der Waals surface area (Å²) < 4.78 is 7.09. The molecule has 0 radical (unpaired) electrons. The van der Waals surface area contributed by atoms with Gasteiger partial charge in [-0.2, -0.15) is 0 Å². The van der Waals surface area contributed by atoms with E-state index in [1.54, 1.807) is 30.3 Å². The zero-order valence-electron chi connectivity index (χ0n) is 16.9. The minimum absolute atomic E-state index is 0.0661. The second kappa shape index (κ2) is 8.43. The van der Waals surface area contributed by atoms with E-state index in [9.17, 15) is 19.2 Å². The van der Waals surface area contributed by atoms with Crippen molar-refractivity contribution in [2.24, 2.45) is 0 Å². The first-order chi connectivity index (χ1) is 13.8. The molecule has 29 heavy (non-hydrogen) atoms. The molecule has 0 saturated heterocycles. The van der Waals surface area contributed by atoms with Gasteiger partial charge in [-0.25, -0.2) is 0 Å². The molecular weight excluding hydrogens is 372 g/mol. The number of carbonyl (C=O) groups is 4. The van der Waals surface area contributed by atoms with Gasteiger partial charge in [0.25, 0.3) is 5.91 Å². The van der Waals surface area contributed by atoms with Gasteiger partial charge in [0.15, 0.2) is 6.61 Å². The summed E-state index contributed by atoms with van der Waals surface area (Å²) >= 11 is 0. The van der Waals surface area contributed by atoms with Gasteiger partial charge in [0.05, 0.1) is 12.8 Å². The monoisotopic (exact) mass is 396 g/mol. The van der Waals surface area contributed by atoms with Crippen LogP contribution in [0.4, 0.5) is 0 Å². The maximum Gasteiger partial charge on any atom is 0.308 e. The van der Waals surface area contributed by atoms with Crippen LogP contribution in [0.25, 0.3) is 0 Å². The molecule has 0 unspecified atom stereocenters. The number of aromatic nitrogens is 1.